The highest BCUT2D eigenvalue weighted by molar-refractivity contribution is 5.70. The molecule has 6 rings (SSSR count). The zero-order valence-electron chi connectivity index (χ0n) is 16.7. The van der Waals surface area contributed by atoms with Gasteiger partial charge in [0.05, 0.1) is 23.3 Å². The monoisotopic (exact) mass is 396 g/mol. The van der Waals surface area contributed by atoms with Crippen molar-refractivity contribution in [3.63, 3.8) is 0 Å². The highest BCUT2D eigenvalue weighted by Gasteiger charge is 2.35. The van der Waals surface area contributed by atoms with Crippen molar-refractivity contribution < 1.29 is 0 Å². The van der Waals surface area contributed by atoms with Crippen molar-refractivity contribution in [2.75, 3.05) is 5.73 Å². The topological polar surface area (TPSA) is 81.1 Å². The smallest absolute Gasteiger partial charge is 0.180 e. The summed E-state index contributed by atoms with van der Waals surface area (Å²) in [5, 5.41) is 3.71. The highest BCUT2D eigenvalue weighted by atomic mass is 15.1. The zero-order valence-corrected chi connectivity index (χ0v) is 16.7. The predicted octanol–water partition coefficient (Wildman–Crippen LogP) is 4.04. The van der Waals surface area contributed by atoms with Gasteiger partial charge in [-0.1, -0.05) is 30.3 Å². The van der Waals surface area contributed by atoms with Gasteiger partial charge in [0, 0.05) is 41.5 Å². The van der Waals surface area contributed by atoms with Crippen LogP contribution in [0.2, 0.25) is 0 Å². The molecule has 150 valence electrons. The van der Waals surface area contributed by atoms with E-state index in [2.05, 4.69) is 50.1 Å². The van der Waals surface area contributed by atoms with Gasteiger partial charge in [-0.3, -0.25) is 9.38 Å². The molecule has 2 aliphatic heterocycles. The first kappa shape index (κ1) is 17.6. The van der Waals surface area contributed by atoms with Crippen LogP contribution < -0.4 is 11.1 Å². The van der Waals surface area contributed by atoms with E-state index < -0.39 is 0 Å². The molecule has 6 heteroatoms. The van der Waals surface area contributed by atoms with E-state index in [1.165, 1.54) is 12.8 Å². The first-order chi connectivity index (χ1) is 14.7. The Bertz CT molecular complexity index is 1190. The molecule has 6 nitrogen and oxygen atoms in total. The molecule has 0 aliphatic carbocycles. The fourth-order valence-electron chi connectivity index (χ4n) is 5.07. The summed E-state index contributed by atoms with van der Waals surface area (Å²) in [4.78, 5) is 14.0. The lowest BCUT2D eigenvalue weighted by atomic mass is 9.90. The SMILES string of the molecule is Nc1nc(C2C[C@H]3CC[C@@H](C2)N3)cn2c(-c3ccc(-c4ccccc4)nc3)cnc12. The van der Waals surface area contributed by atoms with Gasteiger partial charge in [-0.05, 0) is 37.8 Å². The van der Waals surface area contributed by atoms with E-state index in [4.69, 9.17) is 10.7 Å². The van der Waals surface area contributed by atoms with Crippen LogP contribution in [0.25, 0.3) is 28.2 Å². The van der Waals surface area contributed by atoms with Crippen molar-refractivity contribution in [1.29, 1.82) is 0 Å². The lowest BCUT2D eigenvalue weighted by Gasteiger charge is -2.28. The third kappa shape index (κ3) is 2.95. The van der Waals surface area contributed by atoms with Gasteiger partial charge in [0.2, 0.25) is 0 Å². The molecule has 0 spiro atoms. The Balaban J connectivity index is 1.38. The predicted molar refractivity (Wildman–Crippen MR) is 118 cm³/mol. The number of nitrogens with zero attached hydrogens (tertiary/aromatic N) is 4. The van der Waals surface area contributed by atoms with E-state index in [1.807, 2.05) is 30.6 Å². The Morgan fingerprint density at radius 3 is 2.43 bits per heavy atom. The molecule has 30 heavy (non-hydrogen) atoms. The molecule has 4 aromatic rings. The van der Waals surface area contributed by atoms with Crippen molar-refractivity contribution in [3.05, 3.63) is 66.7 Å². The van der Waals surface area contributed by atoms with Gasteiger partial charge in [-0.2, -0.15) is 0 Å². The van der Waals surface area contributed by atoms with Crippen molar-refractivity contribution >= 4 is 11.5 Å². The van der Waals surface area contributed by atoms with Crippen LogP contribution in [0.4, 0.5) is 5.82 Å². The van der Waals surface area contributed by atoms with Gasteiger partial charge in [0.25, 0.3) is 0 Å². The molecule has 3 N–H and O–H groups in total. The number of nitrogen functional groups attached to an aromatic ring is 1. The number of aromatic nitrogens is 4. The zero-order chi connectivity index (χ0) is 20.1. The van der Waals surface area contributed by atoms with Crippen molar-refractivity contribution in [3.8, 4) is 22.5 Å². The number of hydrogen-bond acceptors (Lipinski definition) is 5. The van der Waals surface area contributed by atoms with Gasteiger partial charge >= 0.3 is 0 Å². The minimum atomic E-state index is 0.448. The second kappa shape index (κ2) is 6.92. The lowest BCUT2D eigenvalue weighted by Crippen LogP contribution is -2.37. The number of fused-ring (bicyclic) bond motifs is 3. The minimum Gasteiger partial charge on any atom is -0.381 e. The summed E-state index contributed by atoms with van der Waals surface area (Å²) in [5.41, 5.74) is 12.2. The number of nitrogens with two attached hydrogens (primary N) is 1. The van der Waals surface area contributed by atoms with E-state index >= 15 is 0 Å². The second-order valence-electron chi connectivity index (χ2n) is 8.49. The van der Waals surface area contributed by atoms with Gasteiger partial charge in [-0.25, -0.2) is 9.97 Å². The number of rotatable bonds is 3. The summed E-state index contributed by atoms with van der Waals surface area (Å²) in [6, 6.07) is 15.6. The molecule has 1 unspecified atom stereocenters. The molecule has 3 atom stereocenters. The fraction of sp³-hybridized carbons (Fsp3) is 0.292. The molecule has 2 aliphatic rings. The van der Waals surface area contributed by atoms with Crippen LogP contribution in [0.5, 0.6) is 0 Å². The Labute approximate surface area is 175 Å². The normalized spacial score (nSPS) is 23.1. The number of imidazole rings is 1. The van der Waals surface area contributed by atoms with Crippen molar-refractivity contribution in [1.82, 2.24) is 24.7 Å². The first-order valence-corrected chi connectivity index (χ1v) is 10.7. The summed E-state index contributed by atoms with van der Waals surface area (Å²) in [7, 11) is 0. The molecule has 0 radical (unpaired) electrons. The third-order valence-electron chi connectivity index (χ3n) is 6.56. The number of hydrogen-bond donors (Lipinski definition) is 2. The molecule has 3 aromatic heterocycles. The molecule has 2 fully saturated rings. The Morgan fingerprint density at radius 2 is 1.70 bits per heavy atom. The number of piperidine rings is 1. The van der Waals surface area contributed by atoms with Gasteiger partial charge in [-0.15, -0.1) is 0 Å². The Morgan fingerprint density at radius 1 is 0.900 bits per heavy atom. The van der Waals surface area contributed by atoms with Crippen molar-refractivity contribution in [2.45, 2.75) is 43.7 Å². The Hall–Kier alpha value is -3.25. The fourth-order valence-corrected chi connectivity index (χ4v) is 5.07. The van der Waals surface area contributed by atoms with Crippen LogP contribution in [-0.4, -0.2) is 31.4 Å². The standard InChI is InChI=1S/C24H24N6/c25-23-24-27-13-22(16-6-9-20(26-12-16)15-4-2-1-3-5-15)30(24)14-21(29-23)17-10-18-7-8-19(11-17)28-18/h1-6,9,12-14,17-19,28H,7-8,10-11H2,(H2,25,29)/t17?,18-,19+. The molecular weight excluding hydrogens is 372 g/mol. The van der Waals surface area contributed by atoms with Gasteiger partial charge in [0.1, 0.15) is 0 Å². The maximum atomic E-state index is 6.31. The summed E-state index contributed by atoms with van der Waals surface area (Å²) in [6.07, 6.45) is 10.7. The van der Waals surface area contributed by atoms with Crippen LogP contribution in [0.3, 0.4) is 0 Å². The average Bonchev–Trinajstić information content (AvgIpc) is 3.37. The van der Waals surface area contributed by atoms with E-state index in [-0.39, 0.29) is 0 Å². The number of anilines is 1. The maximum absolute atomic E-state index is 6.31. The Kier molecular flexibility index (Phi) is 4.06. The van der Waals surface area contributed by atoms with Crippen LogP contribution in [0, 0.1) is 0 Å². The lowest BCUT2D eigenvalue weighted by molar-refractivity contribution is 0.358. The maximum Gasteiger partial charge on any atom is 0.180 e. The summed E-state index contributed by atoms with van der Waals surface area (Å²) in [6.45, 7) is 0. The van der Waals surface area contributed by atoms with Crippen LogP contribution in [0.1, 0.15) is 37.3 Å². The molecule has 0 amide bonds. The van der Waals surface area contributed by atoms with E-state index in [1.54, 1.807) is 0 Å². The third-order valence-corrected chi connectivity index (χ3v) is 6.56. The molecule has 5 heterocycles. The van der Waals surface area contributed by atoms with Crippen LogP contribution in [0.15, 0.2) is 61.1 Å². The molecular formula is C24H24N6. The average molecular weight is 396 g/mol. The second-order valence-corrected chi connectivity index (χ2v) is 8.49. The summed E-state index contributed by atoms with van der Waals surface area (Å²) in [5.74, 6) is 0.947. The number of nitrogens with one attached hydrogen (secondary N) is 1. The van der Waals surface area contributed by atoms with Crippen LogP contribution in [-0.2, 0) is 0 Å². The van der Waals surface area contributed by atoms with Crippen molar-refractivity contribution in [2.24, 2.45) is 0 Å². The molecule has 0 saturated carbocycles. The van der Waals surface area contributed by atoms with Gasteiger partial charge < -0.3 is 11.1 Å². The number of pyridine rings is 1. The molecule has 2 saturated heterocycles. The van der Waals surface area contributed by atoms with E-state index in [0.29, 0.717) is 29.5 Å². The van der Waals surface area contributed by atoms with E-state index in [0.717, 1.165) is 41.1 Å². The minimum absolute atomic E-state index is 0.448. The van der Waals surface area contributed by atoms with Crippen LogP contribution >= 0.6 is 0 Å². The molecule has 1 aromatic carbocycles. The summed E-state index contributed by atoms with van der Waals surface area (Å²) < 4.78 is 2.08. The van der Waals surface area contributed by atoms with Gasteiger partial charge in [0.15, 0.2) is 11.5 Å². The largest absolute Gasteiger partial charge is 0.381 e. The molecule has 2 bridgehead atoms. The highest BCUT2D eigenvalue weighted by Crippen LogP contribution is 2.37. The number of benzene rings is 1. The summed E-state index contributed by atoms with van der Waals surface area (Å²) >= 11 is 0. The quantitative estimate of drug-likeness (QED) is 0.546. The van der Waals surface area contributed by atoms with E-state index in [9.17, 15) is 0 Å². The first-order valence-electron chi connectivity index (χ1n) is 10.7.